The highest BCUT2D eigenvalue weighted by molar-refractivity contribution is 7.91. The number of carbonyl (C=O) groups is 1. The number of nitrogens with one attached hydrogen (secondary N) is 1. The summed E-state index contributed by atoms with van der Waals surface area (Å²) < 4.78 is 69.1. The summed E-state index contributed by atoms with van der Waals surface area (Å²) in [6.07, 6.45) is -1.07. The second-order valence-corrected chi connectivity index (χ2v) is 13.0. The molecular formula is C31H36F3N3O4S. The fourth-order valence-corrected chi connectivity index (χ4v) is 5.89. The molecule has 226 valence electrons. The Morgan fingerprint density at radius 1 is 1.05 bits per heavy atom. The minimum atomic E-state index is -4.38. The lowest BCUT2D eigenvalue weighted by atomic mass is 9.87. The van der Waals surface area contributed by atoms with Crippen molar-refractivity contribution in [3.63, 3.8) is 0 Å². The van der Waals surface area contributed by atoms with Crippen molar-refractivity contribution in [2.45, 2.75) is 69.2 Å². The highest BCUT2D eigenvalue weighted by atomic mass is 32.2. The molecule has 2 heterocycles. The Balaban J connectivity index is 1.44. The summed E-state index contributed by atoms with van der Waals surface area (Å²) in [5, 5.41) is 2.83. The van der Waals surface area contributed by atoms with Gasteiger partial charge >= 0.3 is 6.18 Å². The number of rotatable bonds is 10. The van der Waals surface area contributed by atoms with Crippen LogP contribution in [0.25, 0.3) is 0 Å². The van der Waals surface area contributed by atoms with E-state index >= 15 is 0 Å². The lowest BCUT2D eigenvalue weighted by Crippen LogP contribution is -2.46. The van der Waals surface area contributed by atoms with E-state index in [0.717, 1.165) is 30.5 Å². The molecule has 1 N–H and O–H groups in total. The Morgan fingerprint density at radius 2 is 1.74 bits per heavy atom. The van der Waals surface area contributed by atoms with Crippen molar-refractivity contribution in [3.05, 3.63) is 83.6 Å². The van der Waals surface area contributed by atoms with Gasteiger partial charge in [-0.3, -0.25) is 4.79 Å². The van der Waals surface area contributed by atoms with Gasteiger partial charge in [0.15, 0.2) is 9.84 Å². The number of piperidine rings is 1. The number of sulfone groups is 1. The molecular weight excluding hydrogens is 567 g/mol. The number of benzene rings is 2. The molecule has 1 aromatic heterocycles. The Bertz CT molecular complexity index is 1440. The van der Waals surface area contributed by atoms with Gasteiger partial charge in [-0.25, -0.2) is 13.4 Å². The molecule has 0 bridgehead atoms. The van der Waals surface area contributed by atoms with E-state index in [2.05, 4.69) is 15.2 Å². The molecule has 11 heteroatoms. The third-order valence-electron chi connectivity index (χ3n) is 7.39. The Labute approximate surface area is 245 Å². The third-order valence-corrected chi connectivity index (χ3v) is 9.14. The van der Waals surface area contributed by atoms with Gasteiger partial charge in [0.1, 0.15) is 5.82 Å². The Morgan fingerprint density at radius 3 is 2.31 bits per heavy atom. The van der Waals surface area contributed by atoms with Gasteiger partial charge in [0.25, 0.3) is 0 Å². The summed E-state index contributed by atoms with van der Waals surface area (Å²) in [4.78, 5) is 19.6. The molecule has 3 aromatic rings. The minimum Gasteiger partial charge on any atom is -0.377 e. The molecule has 42 heavy (non-hydrogen) atoms. The average molecular weight is 604 g/mol. The van der Waals surface area contributed by atoms with Crippen molar-refractivity contribution in [2.75, 3.05) is 29.1 Å². The molecule has 1 aliphatic rings. The van der Waals surface area contributed by atoms with Crippen molar-refractivity contribution in [1.82, 2.24) is 4.98 Å². The number of alkyl halides is 3. The van der Waals surface area contributed by atoms with Crippen LogP contribution in [0.2, 0.25) is 0 Å². The largest absolute Gasteiger partial charge is 0.416 e. The third kappa shape index (κ3) is 8.10. The number of amides is 1. The van der Waals surface area contributed by atoms with E-state index in [4.69, 9.17) is 4.74 Å². The van der Waals surface area contributed by atoms with Crippen molar-refractivity contribution in [1.29, 1.82) is 0 Å². The number of ether oxygens (including phenoxy) is 1. The fraction of sp³-hybridized carbons (Fsp3) is 0.419. The zero-order valence-electron chi connectivity index (χ0n) is 23.9. The van der Waals surface area contributed by atoms with E-state index in [1.807, 2.05) is 19.9 Å². The van der Waals surface area contributed by atoms with Crippen LogP contribution in [0.15, 0.2) is 71.8 Å². The maximum atomic E-state index is 13.1. The van der Waals surface area contributed by atoms with Gasteiger partial charge < -0.3 is 15.0 Å². The lowest BCUT2D eigenvalue weighted by Gasteiger charge is -2.41. The predicted octanol–water partition coefficient (Wildman–Crippen LogP) is 6.25. The maximum absolute atomic E-state index is 13.1. The highest BCUT2D eigenvalue weighted by Gasteiger charge is 2.33. The van der Waals surface area contributed by atoms with Gasteiger partial charge in [-0.2, -0.15) is 13.2 Å². The van der Waals surface area contributed by atoms with E-state index in [0.29, 0.717) is 30.2 Å². The van der Waals surface area contributed by atoms with Crippen LogP contribution in [0.3, 0.4) is 0 Å². The van der Waals surface area contributed by atoms with Crippen molar-refractivity contribution in [2.24, 2.45) is 0 Å². The van der Waals surface area contributed by atoms with Gasteiger partial charge in [0, 0.05) is 12.5 Å². The van der Waals surface area contributed by atoms with Crippen LogP contribution in [-0.4, -0.2) is 50.4 Å². The van der Waals surface area contributed by atoms with Gasteiger partial charge in [-0.1, -0.05) is 31.2 Å². The zero-order valence-corrected chi connectivity index (χ0v) is 24.7. The maximum Gasteiger partial charge on any atom is 0.416 e. The predicted molar refractivity (Wildman–Crippen MR) is 156 cm³/mol. The van der Waals surface area contributed by atoms with E-state index in [-0.39, 0.29) is 41.0 Å². The van der Waals surface area contributed by atoms with Crippen LogP contribution in [0.5, 0.6) is 0 Å². The molecule has 0 saturated carbocycles. The number of pyridine rings is 1. The zero-order chi connectivity index (χ0) is 30.5. The monoisotopic (exact) mass is 603 g/mol. The molecule has 1 unspecified atom stereocenters. The van der Waals surface area contributed by atoms with Crippen LogP contribution in [-0.2, 0) is 32.0 Å². The number of halogens is 3. The van der Waals surface area contributed by atoms with E-state index in [1.165, 1.54) is 12.1 Å². The first-order valence-electron chi connectivity index (χ1n) is 14.0. The summed E-state index contributed by atoms with van der Waals surface area (Å²) in [5.41, 5.74) is 1.38. The first-order valence-corrected chi connectivity index (χ1v) is 15.6. The number of carbonyl (C=O) groups excluding carboxylic acids is 1. The molecule has 2 aromatic carbocycles. The first kappa shape index (κ1) is 31.5. The fourth-order valence-electron chi connectivity index (χ4n) is 5.00. The van der Waals surface area contributed by atoms with Crippen LogP contribution in [0.4, 0.5) is 24.7 Å². The van der Waals surface area contributed by atoms with E-state index in [1.54, 1.807) is 43.5 Å². The average Bonchev–Trinajstić information content (AvgIpc) is 2.96. The second-order valence-electron chi connectivity index (χ2n) is 10.8. The molecule has 1 aliphatic heterocycles. The molecule has 7 nitrogen and oxygen atoms in total. The summed E-state index contributed by atoms with van der Waals surface area (Å²) >= 11 is 0. The number of anilines is 2. The molecule has 0 spiro atoms. The summed E-state index contributed by atoms with van der Waals surface area (Å²) in [6.45, 7) is 6.58. The standard InChI is InChI=1S/C31H36F3N3O4S/c1-4-42(39,40)28-14-5-22(6-15-28)17-30(38)36-26-12-16-29(35-18-26)37-19-24(9-13-27(37)20-41-21(2)3)23-7-10-25(11-8-23)31(32,33)34/h5-8,10-12,14-16,18,21,24,27H,4,9,13,17,19-20H2,1-3H3,(H,36,38)/t24?,27-/m0/s1. The van der Waals surface area contributed by atoms with Crippen LogP contribution in [0, 0.1) is 0 Å². The van der Waals surface area contributed by atoms with Gasteiger partial charge in [0.05, 0.1) is 53.3 Å². The summed E-state index contributed by atoms with van der Waals surface area (Å²) in [6, 6.07) is 15.3. The van der Waals surface area contributed by atoms with Crippen LogP contribution >= 0.6 is 0 Å². The second kappa shape index (κ2) is 13.2. The van der Waals surface area contributed by atoms with Crippen molar-refractivity contribution < 1.29 is 31.1 Å². The van der Waals surface area contributed by atoms with Gasteiger partial charge in [-0.15, -0.1) is 0 Å². The first-order chi connectivity index (χ1) is 19.9. The van der Waals surface area contributed by atoms with Gasteiger partial charge in [0.2, 0.25) is 5.91 Å². The SMILES string of the molecule is CCS(=O)(=O)c1ccc(CC(=O)Nc2ccc(N3CC(c4ccc(C(F)(F)F)cc4)CC[C@H]3COC(C)C)nc2)cc1. The van der Waals surface area contributed by atoms with Crippen molar-refractivity contribution in [3.8, 4) is 0 Å². The quantitative estimate of drug-likeness (QED) is 0.295. The molecule has 4 rings (SSSR count). The number of hydrogen-bond donors (Lipinski definition) is 1. The molecule has 2 atom stereocenters. The Kier molecular flexibility index (Phi) is 9.93. The number of hydrogen-bond acceptors (Lipinski definition) is 6. The molecule has 1 saturated heterocycles. The van der Waals surface area contributed by atoms with Crippen LogP contribution < -0.4 is 10.2 Å². The topological polar surface area (TPSA) is 88.6 Å². The smallest absolute Gasteiger partial charge is 0.377 e. The summed E-state index contributed by atoms with van der Waals surface area (Å²) in [5.74, 6) is 0.463. The van der Waals surface area contributed by atoms with Crippen LogP contribution in [0.1, 0.15) is 56.2 Å². The lowest BCUT2D eigenvalue weighted by molar-refractivity contribution is -0.137. The minimum absolute atomic E-state index is 0.00840. The van der Waals surface area contributed by atoms with Crippen molar-refractivity contribution >= 4 is 27.2 Å². The number of nitrogens with zero attached hydrogens (tertiary/aromatic N) is 2. The van der Waals surface area contributed by atoms with Gasteiger partial charge in [-0.05, 0) is 74.2 Å². The van der Waals surface area contributed by atoms with E-state index in [9.17, 15) is 26.4 Å². The normalized spacial score (nSPS) is 17.8. The highest BCUT2D eigenvalue weighted by Crippen LogP contribution is 2.35. The molecule has 1 fully saturated rings. The summed E-state index contributed by atoms with van der Waals surface area (Å²) in [7, 11) is -3.31. The number of aromatic nitrogens is 1. The molecule has 0 aliphatic carbocycles. The van der Waals surface area contributed by atoms with E-state index < -0.39 is 21.6 Å². The molecule has 0 radical (unpaired) electrons. The molecule has 1 amide bonds. The Hall–Kier alpha value is -3.44.